The van der Waals surface area contributed by atoms with Crippen LogP contribution in [0.1, 0.15) is 0 Å². The number of halogens is 1. The zero-order valence-electron chi connectivity index (χ0n) is 15.4. The van der Waals surface area contributed by atoms with Crippen molar-refractivity contribution in [2.75, 3.05) is 17.2 Å². The van der Waals surface area contributed by atoms with Gasteiger partial charge in [0.1, 0.15) is 12.7 Å². The van der Waals surface area contributed by atoms with Crippen LogP contribution in [-0.4, -0.2) is 27.2 Å². The highest BCUT2D eigenvalue weighted by molar-refractivity contribution is 6.31. The van der Waals surface area contributed by atoms with Crippen molar-refractivity contribution in [2.45, 2.75) is 0 Å². The number of hydrogen-bond donors (Lipinski definition) is 2. The smallest absolute Gasteiger partial charge is 0.243 e. The van der Waals surface area contributed by atoms with E-state index in [1.807, 2.05) is 54.6 Å². The first-order chi connectivity index (χ1) is 14.2. The van der Waals surface area contributed by atoms with Crippen LogP contribution in [0, 0.1) is 0 Å². The van der Waals surface area contributed by atoms with Crippen molar-refractivity contribution in [1.82, 2.24) is 14.8 Å². The van der Waals surface area contributed by atoms with Gasteiger partial charge in [0.05, 0.1) is 17.9 Å². The highest BCUT2D eigenvalue weighted by Gasteiger charge is 2.11. The molecule has 2 N–H and O–H groups in total. The number of carbonyl (C=O) groups excluding carboxylic acids is 1. The molecule has 144 valence electrons. The van der Waals surface area contributed by atoms with Gasteiger partial charge in [-0.05, 0) is 29.8 Å². The second-order valence-corrected chi connectivity index (χ2v) is 6.75. The molecule has 1 heterocycles. The lowest BCUT2D eigenvalue weighted by Gasteiger charge is -2.14. The van der Waals surface area contributed by atoms with Crippen LogP contribution in [0.5, 0.6) is 0 Å². The molecule has 0 aliphatic heterocycles. The fourth-order valence-electron chi connectivity index (χ4n) is 3.02. The van der Waals surface area contributed by atoms with E-state index in [1.165, 1.54) is 6.33 Å². The first-order valence-corrected chi connectivity index (χ1v) is 9.41. The average Bonchev–Trinajstić information content (AvgIpc) is 3.28. The van der Waals surface area contributed by atoms with Crippen LogP contribution in [0.2, 0.25) is 5.02 Å². The van der Waals surface area contributed by atoms with Crippen molar-refractivity contribution >= 4 is 28.9 Å². The van der Waals surface area contributed by atoms with Crippen molar-refractivity contribution in [3.05, 3.63) is 90.5 Å². The normalized spacial score (nSPS) is 10.5. The second-order valence-electron chi connectivity index (χ2n) is 6.31. The van der Waals surface area contributed by atoms with Crippen molar-refractivity contribution in [3.63, 3.8) is 0 Å². The Morgan fingerprint density at radius 1 is 0.966 bits per heavy atom. The third-order valence-corrected chi connectivity index (χ3v) is 4.58. The van der Waals surface area contributed by atoms with Crippen LogP contribution in [0.4, 0.5) is 11.4 Å². The number of carbonyl (C=O) groups is 1. The number of benzene rings is 3. The summed E-state index contributed by atoms with van der Waals surface area (Å²) in [7, 11) is 0. The first-order valence-electron chi connectivity index (χ1n) is 9.03. The second kappa shape index (κ2) is 8.58. The van der Waals surface area contributed by atoms with Crippen LogP contribution < -0.4 is 10.6 Å². The first kappa shape index (κ1) is 18.7. The molecule has 0 aliphatic carbocycles. The molecule has 0 saturated carbocycles. The Balaban J connectivity index is 1.49. The third kappa shape index (κ3) is 4.44. The van der Waals surface area contributed by atoms with Crippen LogP contribution in [0.25, 0.3) is 16.8 Å². The van der Waals surface area contributed by atoms with Gasteiger partial charge in [-0.2, -0.15) is 5.10 Å². The summed E-state index contributed by atoms with van der Waals surface area (Å²) in [5.74, 6) is -0.198. The van der Waals surface area contributed by atoms with Gasteiger partial charge in [0, 0.05) is 16.3 Å². The quantitative estimate of drug-likeness (QED) is 0.492. The molecule has 0 aliphatic rings. The minimum Gasteiger partial charge on any atom is -0.376 e. The van der Waals surface area contributed by atoms with Gasteiger partial charge in [-0.15, -0.1) is 0 Å². The van der Waals surface area contributed by atoms with E-state index < -0.39 is 0 Å². The highest BCUT2D eigenvalue weighted by Crippen LogP contribution is 2.28. The van der Waals surface area contributed by atoms with Gasteiger partial charge in [-0.1, -0.05) is 60.1 Å². The molecule has 1 aromatic heterocycles. The van der Waals surface area contributed by atoms with E-state index in [2.05, 4.69) is 20.7 Å². The Bertz CT molecular complexity index is 1110. The number of rotatable bonds is 6. The summed E-state index contributed by atoms with van der Waals surface area (Å²) in [5, 5.41) is 10.8. The molecule has 0 spiro atoms. The van der Waals surface area contributed by atoms with E-state index >= 15 is 0 Å². The molecule has 0 unspecified atom stereocenters. The van der Waals surface area contributed by atoms with Crippen molar-refractivity contribution in [3.8, 4) is 16.8 Å². The van der Waals surface area contributed by atoms with E-state index in [0.717, 1.165) is 16.8 Å². The van der Waals surface area contributed by atoms with Crippen molar-refractivity contribution in [2.24, 2.45) is 0 Å². The third-order valence-electron chi connectivity index (χ3n) is 4.35. The van der Waals surface area contributed by atoms with Gasteiger partial charge in [-0.3, -0.25) is 4.79 Å². The number of aromatic nitrogens is 3. The summed E-state index contributed by atoms with van der Waals surface area (Å²) in [4.78, 5) is 16.6. The molecule has 29 heavy (non-hydrogen) atoms. The molecular formula is C22H18ClN5O. The SMILES string of the molecule is O=C(CNc1ccccc1-c1ccccc1)Nc1cc(Cl)ccc1-n1cncn1. The summed E-state index contributed by atoms with van der Waals surface area (Å²) in [6.45, 7) is 0.104. The van der Waals surface area contributed by atoms with Crippen LogP contribution >= 0.6 is 11.6 Å². The van der Waals surface area contributed by atoms with E-state index in [0.29, 0.717) is 16.4 Å². The lowest BCUT2D eigenvalue weighted by molar-refractivity contribution is -0.114. The lowest BCUT2D eigenvalue weighted by Crippen LogP contribution is -2.22. The van der Waals surface area contributed by atoms with Crippen LogP contribution in [0.15, 0.2) is 85.5 Å². The Hall–Kier alpha value is -3.64. The van der Waals surface area contributed by atoms with Gasteiger partial charge in [0.25, 0.3) is 0 Å². The van der Waals surface area contributed by atoms with E-state index in [4.69, 9.17) is 11.6 Å². The van der Waals surface area contributed by atoms with Gasteiger partial charge in [0.15, 0.2) is 0 Å². The van der Waals surface area contributed by atoms with Crippen LogP contribution in [-0.2, 0) is 4.79 Å². The maximum atomic E-state index is 12.6. The topological polar surface area (TPSA) is 71.8 Å². The van der Waals surface area contributed by atoms with Gasteiger partial charge < -0.3 is 10.6 Å². The summed E-state index contributed by atoms with van der Waals surface area (Å²) in [5.41, 5.74) is 4.25. The van der Waals surface area contributed by atoms with Crippen molar-refractivity contribution in [1.29, 1.82) is 0 Å². The summed E-state index contributed by atoms with van der Waals surface area (Å²) in [6.07, 6.45) is 3.00. The molecule has 0 bridgehead atoms. The van der Waals surface area contributed by atoms with E-state index in [9.17, 15) is 4.79 Å². The fourth-order valence-corrected chi connectivity index (χ4v) is 3.19. The Morgan fingerprint density at radius 3 is 2.55 bits per heavy atom. The van der Waals surface area contributed by atoms with Gasteiger partial charge in [-0.25, -0.2) is 9.67 Å². The highest BCUT2D eigenvalue weighted by atomic mass is 35.5. The maximum Gasteiger partial charge on any atom is 0.243 e. The minimum absolute atomic E-state index is 0.104. The lowest BCUT2D eigenvalue weighted by atomic mass is 10.0. The Labute approximate surface area is 173 Å². The predicted octanol–water partition coefficient (Wildman–Crippen LogP) is 4.64. The number of para-hydroxylation sites is 1. The summed E-state index contributed by atoms with van der Waals surface area (Å²) >= 11 is 6.11. The predicted molar refractivity (Wildman–Crippen MR) is 115 cm³/mol. The number of nitrogens with zero attached hydrogens (tertiary/aromatic N) is 3. The molecule has 0 radical (unpaired) electrons. The standard InChI is InChI=1S/C22H18ClN5O/c23-17-10-11-21(28-15-24-14-26-28)20(12-17)27-22(29)13-25-19-9-5-4-8-18(19)16-6-2-1-3-7-16/h1-12,14-15,25H,13H2,(H,27,29). The molecule has 1 amide bonds. The molecule has 4 aromatic rings. The van der Waals surface area contributed by atoms with E-state index in [-0.39, 0.29) is 12.5 Å². The zero-order chi connectivity index (χ0) is 20.1. The molecule has 4 rings (SSSR count). The molecule has 0 fully saturated rings. The van der Waals surface area contributed by atoms with Crippen LogP contribution in [0.3, 0.4) is 0 Å². The molecule has 0 atom stereocenters. The molecular weight excluding hydrogens is 386 g/mol. The molecule has 7 heteroatoms. The zero-order valence-corrected chi connectivity index (χ0v) is 16.2. The minimum atomic E-state index is -0.198. The summed E-state index contributed by atoms with van der Waals surface area (Å²) < 4.78 is 1.57. The summed E-state index contributed by atoms with van der Waals surface area (Å²) in [6, 6.07) is 23.1. The fraction of sp³-hybridized carbons (Fsp3) is 0.0455. The monoisotopic (exact) mass is 403 g/mol. The molecule has 3 aromatic carbocycles. The van der Waals surface area contributed by atoms with Gasteiger partial charge in [0.2, 0.25) is 5.91 Å². The average molecular weight is 404 g/mol. The Kier molecular flexibility index (Phi) is 5.54. The number of nitrogens with one attached hydrogen (secondary N) is 2. The number of anilines is 2. The van der Waals surface area contributed by atoms with Crippen molar-refractivity contribution < 1.29 is 4.79 Å². The molecule has 0 saturated heterocycles. The Morgan fingerprint density at radius 2 is 1.76 bits per heavy atom. The van der Waals surface area contributed by atoms with Gasteiger partial charge >= 0.3 is 0 Å². The van der Waals surface area contributed by atoms with E-state index in [1.54, 1.807) is 29.2 Å². The number of amides is 1. The number of hydrogen-bond acceptors (Lipinski definition) is 4. The largest absolute Gasteiger partial charge is 0.376 e. The maximum absolute atomic E-state index is 12.6. The molecule has 6 nitrogen and oxygen atoms in total.